The van der Waals surface area contributed by atoms with Crippen molar-refractivity contribution in [1.82, 2.24) is 5.32 Å². The Hall–Kier alpha value is -3.12. The molecule has 0 aliphatic carbocycles. The van der Waals surface area contributed by atoms with E-state index in [1.165, 1.54) is 9.87 Å². The van der Waals surface area contributed by atoms with Crippen molar-refractivity contribution in [3.8, 4) is 0 Å². The van der Waals surface area contributed by atoms with Crippen molar-refractivity contribution in [3.05, 3.63) is 95.6 Å². The van der Waals surface area contributed by atoms with Gasteiger partial charge in [-0.2, -0.15) is 0 Å². The molecule has 0 aliphatic heterocycles. The van der Waals surface area contributed by atoms with Crippen LogP contribution in [-0.2, 0) is 27.7 Å². The first-order valence-electron chi connectivity index (χ1n) is 10.9. The molecule has 0 bridgehead atoms. The standard InChI is InChI=1S/C26H30N2O3S/c1-4-21-11-15-23(16-12-21)20(3)27-26(29)19-28(24-17-13-22(5-2)14-18-24)32(30,31)25-9-7-6-8-10-25/h6-18,20H,4-5,19H2,1-3H3,(H,27,29). The first-order valence-corrected chi connectivity index (χ1v) is 12.3. The van der Waals surface area contributed by atoms with Crippen LogP contribution in [-0.4, -0.2) is 20.9 Å². The fraction of sp³-hybridized carbons (Fsp3) is 0.269. The minimum Gasteiger partial charge on any atom is -0.348 e. The van der Waals surface area contributed by atoms with Crippen molar-refractivity contribution >= 4 is 21.6 Å². The SMILES string of the molecule is CCc1ccc(C(C)NC(=O)CN(c2ccc(CC)cc2)S(=O)(=O)c2ccccc2)cc1. The number of anilines is 1. The van der Waals surface area contributed by atoms with Crippen LogP contribution in [0.15, 0.2) is 83.8 Å². The van der Waals surface area contributed by atoms with E-state index >= 15 is 0 Å². The molecule has 5 nitrogen and oxygen atoms in total. The summed E-state index contributed by atoms with van der Waals surface area (Å²) in [5.41, 5.74) is 3.75. The second-order valence-electron chi connectivity index (χ2n) is 7.73. The summed E-state index contributed by atoms with van der Waals surface area (Å²) in [6.07, 6.45) is 1.80. The van der Waals surface area contributed by atoms with Crippen LogP contribution >= 0.6 is 0 Å². The van der Waals surface area contributed by atoms with Gasteiger partial charge in [0.05, 0.1) is 16.6 Å². The molecular weight excluding hydrogens is 420 g/mol. The van der Waals surface area contributed by atoms with Crippen molar-refractivity contribution in [2.45, 2.75) is 44.6 Å². The molecule has 1 unspecified atom stereocenters. The molecule has 32 heavy (non-hydrogen) atoms. The van der Waals surface area contributed by atoms with E-state index in [4.69, 9.17) is 0 Å². The van der Waals surface area contributed by atoms with Crippen molar-refractivity contribution in [1.29, 1.82) is 0 Å². The molecule has 0 radical (unpaired) electrons. The maximum Gasteiger partial charge on any atom is 0.264 e. The monoisotopic (exact) mass is 450 g/mol. The number of rotatable bonds is 9. The Balaban J connectivity index is 1.85. The first kappa shape index (κ1) is 23.5. The van der Waals surface area contributed by atoms with Gasteiger partial charge in [-0.15, -0.1) is 0 Å². The lowest BCUT2D eigenvalue weighted by Crippen LogP contribution is -2.41. The van der Waals surface area contributed by atoms with Crippen molar-refractivity contribution in [2.24, 2.45) is 0 Å². The predicted molar refractivity (Wildman–Crippen MR) is 129 cm³/mol. The van der Waals surface area contributed by atoms with Crippen LogP contribution in [0.1, 0.15) is 43.5 Å². The van der Waals surface area contributed by atoms with Crippen LogP contribution in [0.2, 0.25) is 0 Å². The van der Waals surface area contributed by atoms with E-state index in [-0.39, 0.29) is 23.4 Å². The van der Waals surface area contributed by atoms with Crippen LogP contribution in [0.5, 0.6) is 0 Å². The molecule has 0 spiro atoms. The Kier molecular flexibility index (Phi) is 7.70. The second kappa shape index (κ2) is 10.5. The third-order valence-corrected chi connectivity index (χ3v) is 7.30. The number of amides is 1. The maximum absolute atomic E-state index is 13.4. The van der Waals surface area contributed by atoms with Gasteiger partial charge in [-0.3, -0.25) is 9.10 Å². The molecular formula is C26H30N2O3S. The van der Waals surface area contributed by atoms with E-state index < -0.39 is 10.0 Å². The van der Waals surface area contributed by atoms with Crippen LogP contribution in [0.3, 0.4) is 0 Å². The zero-order valence-corrected chi connectivity index (χ0v) is 19.6. The molecule has 0 saturated heterocycles. The summed E-state index contributed by atoms with van der Waals surface area (Å²) in [6.45, 7) is 5.72. The number of sulfonamides is 1. The second-order valence-corrected chi connectivity index (χ2v) is 9.59. The van der Waals surface area contributed by atoms with Gasteiger partial charge in [0.15, 0.2) is 0 Å². The topological polar surface area (TPSA) is 66.5 Å². The number of hydrogen-bond acceptors (Lipinski definition) is 3. The minimum atomic E-state index is -3.91. The fourth-order valence-electron chi connectivity index (χ4n) is 3.48. The Morgan fingerprint density at radius 3 is 1.91 bits per heavy atom. The van der Waals surface area contributed by atoms with Gasteiger partial charge in [-0.05, 0) is 60.7 Å². The lowest BCUT2D eigenvalue weighted by Gasteiger charge is -2.25. The van der Waals surface area contributed by atoms with Crippen LogP contribution < -0.4 is 9.62 Å². The molecule has 6 heteroatoms. The van der Waals surface area contributed by atoms with E-state index in [9.17, 15) is 13.2 Å². The van der Waals surface area contributed by atoms with E-state index in [1.807, 2.05) is 50.2 Å². The molecule has 0 heterocycles. The smallest absolute Gasteiger partial charge is 0.264 e. The molecule has 0 aromatic heterocycles. The molecule has 3 rings (SSSR count). The highest BCUT2D eigenvalue weighted by atomic mass is 32.2. The largest absolute Gasteiger partial charge is 0.348 e. The van der Waals surface area contributed by atoms with Crippen LogP contribution in [0, 0.1) is 0 Å². The van der Waals surface area contributed by atoms with Gasteiger partial charge in [0.1, 0.15) is 6.54 Å². The summed E-state index contributed by atoms with van der Waals surface area (Å²) < 4.78 is 28.0. The molecule has 0 aliphatic rings. The highest BCUT2D eigenvalue weighted by Crippen LogP contribution is 2.24. The summed E-state index contributed by atoms with van der Waals surface area (Å²) in [5, 5.41) is 2.93. The average molecular weight is 451 g/mol. The maximum atomic E-state index is 13.4. The highest BCUT2D eigenvalue weighted by molar-refractivity contribution is 7.92. The zero-order chi connectivity index (χ0) is 23.1. The fourth-order valence-corrected chi connectivity index (χ4v) is 4.92. The van der Waals surface area contributed by atoms with E-state index in [0.29, 0.717) is 5.69 Å². The normalized spacial score (nSPS) is 12.2. The van der Waals surface area contributed by atoms with Gasteiger partial charge in [0, 0.05) is 0 Å². The molecule has 0 fully saturated rings. The van der Waals surface area contributed by atoms with Crippen molar-refractivity contribution in [3.63, 3.8) is 0 Å². The lowest BCUT2D eigenvalue weighted by molar-refractivity contribution is -0.120. The summed E-state index contributed by atoms with van der Waals surface area (Å²) in [4.78, 5) is 13.1. The molecule has 168 valence electrons. The third kappa shape index (κ3) is 5.56. The number of benzene rings is 3. The number of hydrogen-bond donors (Lipinski definition) is 1. The van der Waals surface area contributed by atoms with Gasteiger partial charge in [-0.25, -0.2) is 8.42 Å². The van der Waals surface area contributed by atoms with Crippen molar-refractivity contribution < 1.29 is 13.2 Å². The van der Waals surface area contributed by atoms with Gasteiger partial charge in [0.2, 0.25) is 5.91 Å². The Morgan fingerprint density at radius 2 is 1.38 bits per heavy atom. The minimum absolute atomic E-state index is 0.149. The summed E-state index contributed by atoms with van der Waals surface area (Å²) >= 11 is 0. The van der Waals surface area contributed by atoms with Crippen LogP contribution in [0.4, 0.5) is 5.69 Å². The number of nitrogens with zero attached hydrogens (tertiary/aromatic N) is 1. The van der Waals surface area contributed by atoms with E-state index in [2.05, 4.69) is 12.2 Å². The molecule has 1 atom stereocenters. The van der Waals surface area contributed by atoms with Gasteiger partial charge < -0.3 is 5.32 Å². The molecule has 0 saturated carbocycles. The molecule has 1 amide bonds. The summed E-state index contributed by atoms with van der Waals surface area (Å²) in [6, 6.07) is 23.3. The quantitative estimate of drug-likeness (QED) is 0.505. The summed E-state index contributed by atoms with van der Waals surface area (Å²) in [5.74, 6) is -0.365. The number of carbonyl (C=O) groups excluding carboxylic acids is 1. The van der Waals surface area contributed by atoms with E-state index in [0.717, 1.165) is 24.0 Å². The highest BCUT2D eigenvalue weighted by Gasteiger charge is 2.27. The number of carbonyl (C=O) groups is 1. The molecule has 3 aromatic carbocycles. The molecule has 3 aromatic rings. The van der Waals surface area contributed by atoms with Crippen LogP contribution in [0.25, 0.3) is 0 Å². The lowest BCUT2D eigenvalue weighted by atomic mass is 10.1. The molecule has 1 N–H and O–H groups in total. The van der Waals surface area contributed by atoms with Gasteiger partial charge in [-0.1, -0.05) is 68.4 Å². The summed E-state index contributed by atoms with van der Waals surface area (Å²) in [7, 11) is -3.91. The Bertz CT molecular complexity index is 1130. The Morgan fingerprint density at radius 1 is 0.844 bits per heavy atom. The zero-order valence-electron chi connectivity index (χ0n) is 18.8. The van der Waals surface area contributed by atoms with Gasteiger partial charge >= 0.3 is 0 Å². The third-order valence-electron chi connectivity index (χ3n) is 5.52. The van der Waals surface area contributed by atoms with Crippen molar-refractivity contribution in [2.75, 3.05) is 10.8 Å². The van der Waals surface area contributed by atoms with E-state index in [1.54, 1.807) is 42.5 Å². The number of nitrogens with one attached hydrogen (secondary N) is 1. The first-order chi connectivity index (χ1) is 15.3. The number of aryl methyl sites for hydroxylation is 2. The predicted octanol–water partition coefficient (Wildman–Crippen LogP) is 4.88. The Labute approximate surface area is 191 Å². The average Bonchev–Trinajstić information content (AvgIpc) is 2.83. The van der Waals surface area contributed by atoms with Gasteiger partial charge in [0.25, 0.3) is 10.0 Å².